The van der Waals surface area contributed by atoms with Crippen molar-refractivity contribution in [3.8, 4) is 11.1 Å². The van der Waals surface area contributed by atoms with Gasteiger partial charge in [-0.25, -0.2) is 13.6 Å². The number of benzene rings is 2. The molecule has 0 spiro atoms. The number of hydrogen-bond donors (Lipinski definition) is 2. The van der Waals surface area contributed by atoms with E-state index in [9.17, 15) is 23.2 Å². The molecule has 11 heteroatoms. The van der Waals surface area contributed by atoms with Gasteiger partial charge in [0.25, 0.3) is 0 Å². The molecule has 3 amide bonds. The maximum absolute atomic E-state index is 15.0. The normalized spacial score (nSPS) is 18.1. The van der Waals surface area contributed by atoms with E-state index in [1.165, 1.54) is 28.0 Å². The number of amides is 3. The zero-order valence-corrected chi connectivity index (χ0v) is 19.0. The van der Waals surface area contributed by atoms with E-state index in [1.54, 1.807) is 23.1 Å². The fourth-order valence-corrected chi connectivity index (χ4v) is 4.32. The summed E-state index contributed by atoms with van der Waals surface area (Å²) in [6, 6.07) is 8.66. The van der Waals surface area contributed by atoms with Gasteiger partial charge in [0, 0.05) is 38.2 Å². The molecule has 1 unspecified atom stereocenters. The van der Waals surface area contributed by atoms with Gasteiger partial charge in [-0.05, 0) is 42.3 Å². The molecule has 2 heterocycles. The second-order valence-electron chi connectivity index (χ2n) is 8.48. The highest BCUT2D eigenvalue weighted by Crippen LogP contribution is 2.32. The summed E-state index contributed by atoms with van der Waals surface area (Å²) in [5.41, 5.74) is 6.30. The maximum atomic E-state index is 15.0. The van der Waals surface area contributed by atoms with Crippen LogP contribution in [0, 0.1) is 11.6 Å². The molecular weight excluding hydrogens is 462 g/mol. The number of halogens is 2. The average Bonchev–Trinajstić information content (AvgIpc) is 3.22. The monoisotopic (exact) mass is 488 g/mol. The number of piperazine rings is 1. The Hall–Kier alpha value is -3.73. The molecule has 0 aromatic heterocycles. The third-order valence-electron chi connectivity index (χ3n) is 6.22. The molecule has 2 aliphatic heterocycles. The van der Waals surface area contributed by atoms with Gasteiger partial charge >= 0.3 is 6.09 Å². The van der Waals surface area contributed by atoms with Crippen LogP contribution in [-0.4, -0.2) is 73.3 Å². The summed E-state index contributed by atoms with van der Waals surface area (Å²) < 4.78 is 35.1. The Labute approximate surface area is 200 Å². The van der Waals surface area contributed by atoms with Gasteiger partial charge in [-0.3, -0.25) is 14.5 Å². The summed E-state index contributed by atoms with van der Waals surface area (Å²) in [6.45, 7) is 1.19. The molecule has 0 bridgehead atoms. The summed E-state index contributed by atoms with van der Waals surface area (Å²) in [5, 5.41) is 8.98. The number of nitrogens with two attached hydrogens (primary N) is 1. The molecule has 2 fully saturated rings. The van der Waals surface area contributed by atoms with Gasteiger partial charge < -0.3 is 25.4 Å². The number of anilines is 2. The van der Waals surface area contributed by atoms with Gasteiger partial charge in [0.05, 0.1) is 17.9 Å². The van der Waals surface area contributed by atoms with Crippen LogP contribution in [0.4, 0.5) is 25.0 Å². The lowest BCUT2D eigenvalue weighted by Gasteiger charge is -2.36. The molecule has 2 aromatic rings. The van der Waals surface area contributed by atoms with Gasteiger partial charge in [0.15, 0.2) is 0 Å². The summed E-state index contributed by atoms with van der Waals surface area (Å²) in [7, 11) is 0. The topological polar surface area (TPSA) is 116 Å². The van der Waals surface area contributed by atoms with Crippen molar-refractivity contribution in [2.45, 2.75) is 18.9 Å². The average molecular weight is 488 g/mol. The van der Waals surface area contributed by atoms with Crippen LogP contribution in [0.5, 0.6) is 0 Å². The number of rotatable bonds is 7. The summed E-state index contributed by atoms with van der Waals surface area (Å²) >= 11 is 0. The minimum Gasteiger partial charge on any atom is -0.444 e. The van der Waals surface area contributed by atoms with E-state index in [2.05, 4.69) is 0 Å². The second-order valence-corrected chi connectivity index (χ2v) is 8.48. The highest BCUT2D eigenvalue weighted by atomic mass is 19.1. The Balaban J connectivity index is 1.45. The molecule has 3 N–H and O–H groups in total. The molecule has 0 saturated carbocycles. The summed E-state index contributed by atoms with van der Waals surface area (Å²) in [5.74, 6) is -2.00. The highest BCUT2D eigenvalue weighted by molar-refractivity contribution is 5.90. The van der Waals surface area contributed by atoms with Crippen molar-refractivity contribution in [3.63, 3.8) is 0 Å². The Kier molecular flexibility index (Phi) is 7.15. The Morgan fingerprint density at radius 3 is 2.43 bits per heavy atom. The van der Waals surface area contributed by atoms with E-state index in [0.717, 1.165) is 0 Å². The number of primary amides is 1. The van der Waals surface area contributed by atoms with Crippen LogP contribution >= 0.6 is 0 Å². The third-order valence-corrected chi connectivity index (χ3v) is 6.22. The number of nitrogens with zero attached hydrogens (tertiary/aromatic N) is 3. The van der Waals surface area contributed by atoms with Crippen molar-refractivity contribution in [3.05, 3.63) is 48.0 Å². The van der Waals surface area contributed by atoms with Crippen LogP contribution in [0.1, 0.15) is 12.8 Å². The van der Waals surface area contributed by atoms with E-state index >= 15 is 0 Å². The Morgan fingerprint density at radius 2 is 1.80 bits per heavy atom. The largest absolute Gasteiger partial charge is 0.444 e. The quantitative estimate of drug-likeness (QED) is 0.615. The van der Waals surface area contributed by atoms with Crippen LogP contribution in [0.15, 0.2) is 36.4 Å². The predicted molar refractivity (Wildman–Crippen MR) is 124 cm³/mol. The molecular formula is C24H26F2N4O5. The van der Waals surface area contributed by atoms with Crippen LogP contribution in [0.2, 0.25) is 0 Å². The van der Waals surface area contributed by atoms with E-state index in [-0.39, 0.29) is 30.9 Å². The van der Waals surface area contributed by atoms with E-state index in [1.807, 2.05) is 0 Å². The molecule has 35 heavy (non-hydrogen) atoms. The molecule has 186 valence electrons. The van der Waals surface area contributed by atoms with Crippen molar-refractivity contribution in [2.24, 2.45) is 5.73 Å². The van der Waals surface area contributed by atoms with Crippen molar-refractivity contribution in [1.82, 2.24) is 4.90 Å². The maximum Gasteiger partial charge on any atom is 0.414 e. The third kappa shape index (κ3) is 5.35. The van der Waals surface area contributed by atoms with Crippen LogP contribution in [0.25, 0.3) is 11.1 Å². The molecule has 9 nitrogen and oxygen atoms in total. The van der Waals surface area contributed by atoms with Gasteiger partial charge in [0.1, 0.15) is 24.3 Å². The summed E-state index contributed by atoms with van der Waals surface area (Å²) in [4.78, 5) is 39.3. The van der Waals surface area contributed by atoms with E-state index in [0.29, 0.717) is 43.1 Å². The minimum atomic E-state index is -0.636. The first kappa shape index (κ1) is 24.4. The van der Waals surface area contributed by atoms with Crippen LogP contribution in [-0.2, 0) is 14.3 Å². The first-order chi connectivity index (χ1) is 16.8. The van der Waals surface area contributed by atoms with Crippen molar-refractivity contribution < 1.29 is 33.0 Å². The van der Waals surface area contributed by atoms with Crippen LogP contribution in [0.3, 0.4) is 0 Å². The summed E-state index contributed by atoms with van der Waals surface area (Å²) in [6.07, 6.45) is -0.779. The lowest BCUT2D eigenvalue weighted by atomic mass is 10.0. The zero-order chi connectivity index (χ0) is 25.1. The molecule has 2 aliphatic rings. The first-order valence-corrected chi connectivity index (χ1v) is 11.3. The number of carbonyl (C=O) groups is 3. The van der Waals surface area contributed by atoms with Crippen LogP contribution < -0.4 is 15.5 Å². The zero-order valence-electron chi connectivity index (χ0n) is 19.0. The SMILES string of the molecule is NC(=O)CCC1CN(c2ccc(-c3ccc(N4CCN(C(=O)CO)CC4)c(F)c3)c(F)c2)C(=O)O1. The molecule has 2 aromatic carbocycles. The number of cyclic esters (lactones) is 1. The van der Waals surface area contributed by atoms with Crippen molar-refractivity contribution in [2.75, 3.05) is 49.1 Å². The molecule has 0 radical (unpaired) electrons. The van der Waals surface area contributed by atoms with Crippen molar-refractivity contribution >= 4 is 29.3 Å². The van der Waals surface area contributed by atoms with Gasteiger partial charge in [-0.15, -0.1) is 0 Å². The number of aliphatic hydroxyl groups excluding tert-OH is 1. The van der Waals surface area contributed by atoms with Gasteiger partial charge in [-0.1, -0.05) is 6.07 Å². The lowest BCUT2D eigenvalue weighted by molar-refractivity contribution is -0.134. The fourth-order valence-electron chi connectivity index (χ4n) is 4.32. The van der Waals surface area contributed by atoms with Crippen molar-refractivity contribution in [1.29, 1.82) is 0 Å². The van der Waals surface area contributed by atoms with Gasteiger partial charge in [0.2, 0.25) is 11.8 Å². The fraction of sp³-hybridized carbons (Fsp3) is 0.375. The Bertz CT molecular complexity index is 1140. The minimum absolute atomic E-state index is 0.0805. The van der Waals surface area contributed by atoms with Gasteiger partial charge in [-0.2, -0.15) is 0 Å². The number of carbonyl (C=O) groups excluding carboxylic acids is 3. The molecule has 4 rings (SSSR count). The smallest absolute Gasteiger partial charge is 0.414 e. The molecule has 1 atom stereocenters. The number of aliphatic hydroxyl groups is 1. The standard InChI is InChI=1S/C24H26F2N4O5/c25-19-12-16(30-13-17(35-24(30)34)3-6-22(27)32)2-4-18(19)15-1-5-21(20(26)11-15)28-7-9-29(10-8-28)23(33)14-31/h1-2,4-5,11-12,17,31H,3,6-10,13-14H2,(H2,27,32). The molecule has 2 saturated heterocycles. The first-order valence-electron chi connectivity index (χ1n) is 11.3. The predicted octanol–water partition coefficient (Wildman–Crippen LogP) is 1.86. The Morgan fingerprint density at radius 1 is 1.06 bits per heavy atom. The highest BCUT2D eigenvalue weighted by Gasteiger charge is 2.32. The number of hydrogen-bond acceptors (Lipinski definition) is 6. The van der Waals surface area contributed by atoms with E-state index in [4.69, 9.17) is 15.6 Å². The second kappa shape index (κ2) is 10.3. The van der Waals surface area contributed by atoms with E-state index < -0.39 is 36.3 Å². The number of ether oxygens (including phenoxy) is 1. The lowest BCUT2D eigenvalue weighted by Crippen LogP contribution is -2.49. The molecule has 0 aliphatic carbocycles.